The largest absolute Gasteiger partial charge is 0.313 e. The number of hydrogen-bond acceptors (Lipinski definition) is 3. The zero-order valence-electron chi connectivity index (χ0n) is 13.6. The molecular weight excluding hydrogens is 282 g/mol. The maximum atomic E-state index is 3.89. The molecule has 20 heavy (non-hydrogen) atoms. The normalized spacial score (nSPS) is 36.8. The molecule has 1 aliphatic heterocycles. The molecule has 0 aromatic carbocycles. The van der Waals surface area contributed by atoms with Crippen molar-refractivity contribution in [3.8, 4) is 0 Å². The van der Waals surface area contributed by atoms with Crippen molar-refractivity contribution in [2.45, 2.75) is 75.8 Å². The lowest BCUT2D eigenvalue weighted by Gasteiger charge is -2.42. The summed E-state index contributed by atoms with van der Waals surface area (Å²) < 4.78 is 0. The Morgan fingerprint density at radius 3 is 2.25 bits per heavy atom. The third-order valence-corrected chi connectivity index (χ3v) is 8.64. The van der Waals surface area contributed by atoms with E-state index in [2.05, 4.69) is 49.6 Å². The summed E-state index contributed by atoms with van der Waals surface area (Å²) in [4.78, 5) is 0. The Balaban J connectivity index is 1.98. The summed E-state index contributed by atoms with van der Waals surface area (Å²) in [7, 11) is 0. The lowest BCUT2D eigenvalue weighted by molar-refractivity contribution is 0.214. The summed E-state index contributed by atoms with van der Waals surface area (Å²) in [6, 6.07) is 0.764. The van der Waals surface area contributed by atoms with Crippen molar-refractivity contribution in [2.24, 2.45) is 11.8 Å². The molecule has 1 saturated heterocycles. The van der Waals surface area contributed by atoms with Crippen LogP contribution in [0.25, 0.3) is 0 Å². The van der Waals surface area contributed by atoms with Crippen molar-refractivity contribution in [1.82, 2.24) is 5.32 Å². The second-order valence-corrected chi connectivity index (χ2v) is 9.06. The van der Waals surface area contributed by atoms with Gasteiger partial charge in [-0.25, -0.2) is 0 Å². The van der Waals surface area contributed by atoms with Gasteiger partial charge in [-0.1, -0.05) is 40.0 Å². The van der Waals surface area contributed by atoms with Gasteiger partial charge in [0, 0.05) is 28.0 Å². The van der Waals surface area contributed by atoms with Crippen molar-refractivity contribution < 1.29 is 0 Å². The molecule has 1 aliphatic carbocycles. The van der Waals surface area contributed by atoms with E-state index >= 15 is 0 Å². The van der Waals surface area contributed by atoms with Crippen LogP contribution in [0.5, 0.6) is 0 Å². The van der Waals surface area contributed by atoms with Crippen LogP contribution in [0.1, 0.15) is 59.3 Å². The number of rotatable bonds is 6. The lowest BCUT2D eigenvalue weighted by atomic mass is 9.76. The SMILES string of the molecule is CCNC(C1CCC(CC)CC1)C1SCCSC1CC. The van der Waals surface area contributed by atoms with Gasteiger partial charge in [0.2, 0.25) is 0 Å². The predicted molar refractivity (Wildman–Crippen MR) is 96.0 cm³/mol. The minimum Gasteiger partial charge on any atom is -0.313 e. The Morgan fingerprint density at radius 1 is 0.950 bits per heavy atom. The van der Waals surface area contributed by atoms with Gasteiger partial charge < -0.3 is 5.32 Å². The molecule has 2 fully saturated rings. The number of thioether (sulfide) groups is 2. The molecule has 0 aromatic rings. The van der Waals surface area contributed by atoms with Crippen LogP contribution in [0.15, 0.2) is 0 Å². The topological polar surface area (TPSA) is 12.0 Å². The van der Waals surface area contributed by atoms with Crippen molar-refractivity contribution in [2.75, 3.05) is 18.1 Å². The molecule has 2 rings (SSSR count). The first-order chi connectivity index (χ1) is 9.80. The zero-order chi connectivity index (χ0) is 14.4. The molecule has 0 spiro atoms. The minimum atomic E-state index is 0.764. The van der Waals surface area contributed by atoms with E-state index < -0.39 is 0 Å². The van der Waals surface area contributed by atoms with E-state index in [0.717, 1.165) is 34.9 Å². The fourth-order valence-corrected chi connectivity index (χ4v) is 7.36. The molecule has 0 bridgehead atoms. The van der Waals surface area contributed by atoms with Gasteiger partial charge in [-0.05, 0) is 37.6 Å². The van der Waals surface area contributed by atoms with Crippen molar-refractivity contribution >= 4 is 23.5 Å². The van der Waals surface area contributed by atoms with Gasteiger partial charge in [-0.2, -0.15) is 23.5 Å². The Hall–Kier alpha value is 0.660. The van der Waals surface area contributed by atoms with E-state index in [4.69, 9.17) is 0 Å². The van der Waals surface area contributed by atoms with E-state index in [1.165, 1.54) is 50.0 Å². The van der Waals surface area contributed by atoms with Crippen molar-refractivity contribution in [1.29, 1.82) is 0 Å². The van der Waals surface area contributed by atoms with Crippen molar-refractivity contribution in [3.63, 3.8) is 0 Å². The monoisotopic (exact) mass is 315 g/mol. The second-order valence-electron chi connectivity index (χ2n) is 6.43. The molecule has 0 aromatic heterocycles. The molecule has 0 radical (unpaired) electrons. The van der Waals surface area contributed by atoms with Gasteiger partial charge in [0.25, 0.3) is 0 Å². The average molecular weight is 316 g/mol. The summed E-state index contributed by atoms with van der Waals surface area (Å²) in [6.45, 7) is 8.17. The molecule has 3 unspecified atom stereocenters. The minimum absolute atomic E-state index is 0.764. The van der Waals surface area contributed by atoms with Crippen LogP contribution in [0.4, 0.5) is 0 Å². The smallest absolute Gasteiger partial charge is 0.0322 e. The van der Waals surface area contributed by atoms with Crippen LogP contribution < -0.4 is 5.32 Å². The average Bonchev–Trinajstić information content (AvgIpc) is 2.53. The quantitative estimate of drug-likeness (QED) is 0.755. The molecule has 1 N–H and O–H groups in total. The Labute approximate surface area is 134 Å². The highest BCUT2D eigenvalue weighted by Crippen LogP contribution is 2.41. The van der Waals surface area contributed by atoms with E-state index in [9.17, 15) is 0 Å². The summed E-state index contributed by atoms with van der Waals surface area (Å²) in [6.07, 6.45) is 8.62. The molecular formula is C17H33NS2. The van der Waals surface area contributed by atoms with Gasteiger partial charge >= 0.3 is 0 Å². The van der Waals surface area contributed by atoms with E-state index in [-0.39, 0.29) is 0 Å². The Morgan fingerprint density at radius 2 is 1.65 bits per heavy atom. The van der Waals surface area contributed by atoms with Crippen LogP contribution in [-0.4, -0.2) is 34.6 Å². The molecule has 1 saturated carbocycles. The summed E-state index contributed by atoms with van der Waals surface area (Å²) in [5.74, 6) is 4.67. The molecule has 3 atom stereocenters. The fraction of sp³-hybridized carbons (Fsp3) is 1.00. The first-order valence-corrected chi connectivity index (χ1v) is 10.9. The van der Waals surface area contributed by atoms with Crippen molar-refractivity contribution in [3.05, 3.63) is 0 Å². The first kappa shape index (κ1) is 17.0. The van der Waals surface area contributed by atoms with E-state index in [1.807, 2.05) is 0 Å². The van der Waals surface area contributed by atoms with Gasteiger partial charge in [0.15, 0.2) is 0 Å². The van der Waals surface area contributed by atoms with Gasteiger partial charge in [-0.15, -0.1) is 0 Å². The highest BCUT2D eigenvalue weighted by molar-refractivity contribution is 8.07. The van der Waals surface area contributed by atoms with Gasteiger partial charge in [0.05, 0.1) is 0 Å². The van der Waals surface area contributed by atoms with Crippen LogP contribution in [0.2, 0.25) is 0 Å². The molecule has 3 heteroatoms. The highest BCUT2D eigenvalue weighted by Gasteiger charge is 2.37. The number of hydrogen-bond donors (Lipinski definition) is 1. The Bertz CT molecular complexity index is 264. The fourth-order valence-electron chi connectivity index (χ4n) is 4.01. The van der Waals surface area contributed by atoms with Crippen LogP contribution in [-0.2, 0) is 0 Å². The molecule has 0 amide bonds. The summed E-state index contributed by atoms with van der Waals surface area (Å²) >= 11 is 4.49. The maximum Gasteiger partial charge on any atom is 0.0322 e. The molecule has 1 nitrogen and oxygen atoms in total. The second kappa shape index (κ2) is 8.95. The van der Waals surface area contributed by atoms with E-state index in [1.54, 1.807) is 0 Å². The standard InChI is InChI=1S/C17H33NS2/c1-4-13-7-9-14(10-8-13)16(18-6-3)17-15(5-2)19-11-12-20-17/h13-18H,4-12H2,1-3H3. The van der Waals surface area contributed by atoms with Crippen LogP contribution in [0.3, 0.4) is 0 Å². The number of nitrogens with one attached hydrogen (secondary N) is 1. The zero-order valence-corrected chi connectivity index (χ0v) is 15.2. The molecule has 118 valence electrons. The first-order valence-electron chi connectivity index (χ1n) is 8.76. The Kier molecular flexibility index (Phi) is 7.61. The third kappa shape index (κ3) is 4.33. The summed E-state index contributed by atoms with van der Waals surface area (Å²) in [5.41, 5.74) is 0. The van der Waals surface area contributed by atoms with Crippen LogP contribution >= 0.6 is 23.5 Å². The third-order valence-electron chi connectivity index (χ3n) is 5.26. The van der Waals surface area contributed by atoms with E-state index in [0.29, 0.717) is 0 Å². The van der Waals surface area contributed by atoms with Gasteiger partial charge in [0.1, 0.15) is 0 Å². The van der Waals surface area contributed by atoms with Gasteiger partial charge in [-0.3, -0.25) is 0 Å². The summed E-state index contributed by atoms with van der Waals surface area (Å²) in [5, 5.41) is 5.61. The van der Waals surface area contributed by atoms with Crippen LogP contribution in [0, 0.1) is 11.8 Å². The highest BCUT2D eigenvalue weighted by atomic mass is 32.2. The lowest BCUT2D eigenvalue weighted by Crippen LogP contribution is -2.50. The molecule has 2 aliphatic rings. The molecule has 1 heterocycles. The maximum absolute atomic E-state index is 3.89. The predicted octanol–water partition coefficient (Wildman–Crippen LogP) is 4.81.